The summed E-state index contributed by atoms with van der Waals surface area (Å²) in [6, 6.07) is 9.29. The van der Waals surface area contributed by atoms with E-state index in [1.165, 1.54) is 6.07 Å². The summed E-state index contributed by atoms with van der Waals surface area (Å²) < 4.78 is 28.9. The van der Waals surface area contributed by atoms with Crippen molar-refractivity contribution in [3.63, 3.8) is 0 Å². The topological polar surface area (TPSA) is 53.7 Å². The largest absolute Gasteiger partial charge is 0.352 e. The summed E-state index contributed by atoms with van der Waals surface area (Å²) in [7, 11) is 1.62. The first-order valence-electron chi connectivity index (χ1n) is 7.89. The van der Waals surface area contributed by atoms with Crippen molar-refractivity contribution in [2.75, 3.05) is 7.05 Å². The molecule has 25 heavy (non-hydrogen) atoms. The lowest BCUT2D eigenvalue weighted by Crippen LogP contribution is -2.36. The molecule has 0 bridgehead atoms. The number of pyridine rings is 1. The average Bonchev–Trinajstić information content (AvgIpc) is 3.02. The zero-order chi connectivity index (χ0) is 17.8. The van der Waals surface area contributed by atoms with Gasteiger partial charge in [-0.15, -0.1) is 0 Å². The molecule has 0 saturated heterocycles. The number of aryl methyl sites for hydroxylation is 1. The molecule has 1 aromatic carbocycles. The maximum Gasteiger partial charge on any atom is 0.191 e. The van der Waals surface area contributed by atoms with Crippen LogP contribution < -0.4 is 10.6 Å². The third-order valence-electron chi connectivity index (χ3n) is 3.86. The van der Waals surface area contributed by atoms with E-state index in [4.69, 9.17) is 0 Å². The minimum Gasteiger partial charge on any atom is -0.352 e. The molecule has 0 aliphatic carbocycles. The van der Waals surface area contributed by atoms with Crippen molar-refractivity contribution in [3.05, 3.63) is 71.2 Å². The van der Waals surface area contributed by atoms with Crippen LogP contribution in [0.25, 0.3) is 5.65 Å². The maximum absolute atomic E-state index is 13.7. The molecule has 0 radical (unpaired) electrons. The molecule has 2 N–H and O–H groups in total. The van der Waals surface area contributed by atoms with Crippen molar-refractivity contribution in [1.29, 1.82) is 0 Å². The van der Waals surface area contributed by atoms with Gasteiger partial charge < -0.3 is 15.0 Å². The van der Waals surface area contributed by atoms with Crippen molar-refractivity contribution >= 4 is 11.6 Å². The Labute approximate surface area is 144 Å². The highest BCUT2D eigenvalue weighted by molar-refractivity contribution is 5.79. The van der Waals surface area contributed by atoms with Crippen molar-refractivity contribution in [1.82, 2.24) is 20.0 Å². The van der Waals surface area contributed by atoms with Crippen LogP contribution in [-0.2, 0) is 13.1 Å². The van der Waals surface area contributed by atoms with Crippen LogP contribution in [0.5, 0.6) is 0 Å². The van der Waals surface area contributed by atoms with E-state index in [9.17, 15) is 8.78 Å². The molecular weight excluding hydrogens is 324 g/mol. The molecule has 0 saturated carbocycles. The standard InChI is InChI=1S/C18H19F2N5/c1-12-4-3-5-17-24-15(11-25(12)17)10-23-18(21-2)22-9-13-8-14(19)6-7-16(13)20/h3-8,11H,9-10H2,1-2H3,(H2,21,22,23). The highest BCUT2D eigenvalue weighted by atomic mass is 19.1. The lowest BCUT2D eigenvalue weighted by molar-refractivity contribution is 0.581. The molecule has 2 aromatic heterocycles. The van der Waals surface area contributed by atoms with Crippen LogP contribution in [-0.4, -0.2) is 22.4 Å². The van der Waals surface area contributed by atoms with Gasteiger partial charge in [0.2, 0.25) is 0 Å². The molecule has 3 rings (SSSR count). The Hall–Kier alpha value is -2.96. The second-order valence-electron chi connectivity index (χ2n) is 5.64. The lowest BCUT2D eigenvalue weighted by Gasteiger charge is -2.11. The van der Waals surface area contributed by atoms with Crippen LogP contribution in [0, 0.1) is 18.6 Å². The quantitative estimate of drug-likeness (QED) is 0.566. The van der Waals surface area contributed by atoms with Crippen molar-refractivity contribution in [3.8, 4) is 0 Å². The van der Waals surface area contributed by atoms with Gasteiger partial charge in [0, 0.05) is 31.0 Å². The van der Waals surface area contributed by atoms with Crippen LogP contribution in [0.3, 0.4) is 0 Å². The monoisotopic (exact) mass is 343 g/mol. The first-order valence-corrected chi connectivity index (χ1v) is 7.89. The van der Waals surface area contributed by atoms with E-state index >= 15 is 0 Å². The summed E-state index contributed by atoms with van der Waals surface area (Å²) in [4.78, 5) is 8.62. The normalized spacial score (nSPS) is 11.8. The van der Waals surface area contributed by atoms with Gasteiger partial charge in [-0.05, 0) is 37.3 Å². The van der Waals surface area contributed by atoms with E-state index in [0.29, 0.717) is 12.5 Å². The third-order valence-corrected chi connectivity index (χ3v) is 3.86. The number of guanidine groups is 1. The van der Waals surface area contributed by atoms with Gasteiger partial charge in [-0.25, -0.2) is 13.8 Å². The summed E-state index contributed by atoms with van der Waals surface area (Å²) in [5, 5.41) is 6.08. The summed E-state index contributed by atoms with van der Waals surface area (Å²) in [6.45, 7) is 2.61. The third kappa shape index (κ3) is 3.93. The molecule has 0 atom stereocenters. The number of aromatic nitrogens is 2. The van der Waals surface area contributed by atoms with Crippen molar-refractivity contribution in [2.45, 2.75) is 20.0 Å². The first-order chi connectivity index (χ1) is 12.1. The highest BCUT2D eigenvalue weighted by Crippen LogP contribution is 2.10. The summed E-state index contributed by atoms with van der Waals surface area (Å²) >= 11 is 0. The van der Waals surface area contributed by atoms with Gasteiger partial charge in [0.05, 0.1) is 12.2 Å². The molecule has 0 amide bonds. The van der Waals surface area contributed by atoms with E-state index in [-0.39, 0.29) is 12.1 Å². The van der Waals surface area contributed by atoms with E-state index < -0.39 is 11.6 Å². The Balaban J connectivity index is 1.62. The zero-order valence-corrected chi connectivity index (χ0v) is 14.1. The molecule has 7 heteroatoms. The van der Waals surface area contributed by atoms with Crippen LogP contribution in [0.2, 0.25) is 0 Å². The number of aliphatic imine (C=N–C) groups is 1. The smallest absolute Gasteiger partial charge is 0.191 e. The number of benzene rings is 1. The Morgan fingerprint density at radius 3 is 2.72 bits per heavy atom. The van der Waals surface area contributed by atoms with E-state index in [1.807, 2.05) is 35.7 Å². The van der Waals surface area contributed by atoms with Crippen LogP contribution in [0.1, 0.15) is 17.0 Å². The minimum absolute atomic E-state index is 0.132. The highest BCUT2D eigenvalue weighted by Gasteiger charge is 2.07. The number of nitrogens with one attached hydrogen (secondary N) is 2. The predicted molar refractivity (Wildman–Crippen MR) is 93.3 cm³/mol. The lowest BCUT2D eigenvalue weighted by atomic mass is 10.2. The average molecular weight is 343 g/mol. The molecule has 130 valence electrons. The number of nitrogens with zero attached hydrogens (tertiary/aromatic N) is 3. The van der Waals surface area contributed by atoms with E-state index in [2.05, 4.69) is 20.6 Å². The molecule has 5 nitrogen and oxygen atoms in total. The minimum atomic E-state index is -0.471. The SMILES string of the molecule is CN=C(NCc1cn2c(C)cccc2n1)NCc1cc(F)ccc1F. The van der Waals surface area contributed by atoms with Gasteiger partial charge in [-0.3, -0.25) is 4.99 Å². The summed E-state index contributed by atoms with van der Waals surface area (Å²) in [6.07, 6.45) is 1.96. The number of hydrogen-bond donors (Lipinski definition) is 2. The molecule has 0 fully saturated rings. The van der Waals surface area contributed by atoms with Gasteiger partial charge >= 0.3 is 0 Å². The second kappa shape index (κ2) is 7.29. The Morgan fingerprint density at radius 1 is 1.16 bits per heavy atom. The molecule has 2 heterocycles. The van der Waals surface area contributed by atoms with E-state index in [1.54, 1.807) is 7.05 Å². The van der Waals surface area contributed by atoms with Gasteiger partial charge in [0.15, 0.2) is 5.96 Å². The first kappa shape index (κ1) is 16.9. The maximum atomic E-state index is 13.7. The Kier molecular flexibility index (Phi) is 4.92. The molecule has 0 aliphatic rings. The number of fused-ring (bicyclic) bond motifs is 1. The summed E-state index contributed by atoms with van der Waals surface area (Å²) in [5.74, 6) is -0.446. The predicted octanol–water partition coefficient (Wildman–Crippen LogP) is 2.79. The van der Waals surface area contributed by atoms with Gasteiger partial charge in [-0.1, -0.05) is 6.07 Å². The molecule has 0 spiro atoms. The number of rotatable bonds is 4. The van der Waals surface area contributed by atoms with Crippen molar-refractivity contribution < 1.29 is 8.78 Å². The number of imidazole rings is 1. The molecule has 3 aromatic rings. The van der Waals surface area contributed by atoms with Gasteiger partial charge in [0.1, 0.15) is 17.3 Å². The van der Waals surface area contributed by atoms with Crippen LogP contribution in [0.15, 0.2) is 47.6 Å². The van der Waals surface area contributed by atoms with Crippen LogP contribution >= 0.6 is 0 Å². The second-order valence-corrected chi connectivity index (χ2v) is 5.64. The van der Waals surface area contributed by atoms with Gasteiger partial charge in [0.25, 0.3) is 0 Å². The fourth-order valence-corrected chi connectivity index (χ4v) is 2.54. The zero-order valence-electron chi connectivity index (χ0n) is 14.1. The summed E-state index contributed by atoms with van der Waals surface area (Å²) in [5.41, 5.74) is 3.07. The van der Waals surface area contributed by atoms with Crippen molar-refractivity contribution in [2.24, 2.45) is 4.99 Å². The van der Waals surface area contributed by atoms with E-state index in [0.717, 1.165) is 29.2 Å². The fourth-order valence-electron chi connectivity index (χ4n) is 2.54. The fraction of sp³-hybridized carbons (Fsp3) is 0.222. The van der Waals surface area contributed by atoms with Crippen LogP contribution in [0.4, 0.5) is 8.78 Å². The molecule has 0 unspecified atom stereocenters. The number of hydrogen-bond acceptors (Lipinski definition) is 2. The van der Waals surface area contributed by atoms with Gasteiger partial charge in [-0.2, -0.15) is 0 Å². The molecular formula is C18H19F2N5. The Morgan fingerprint density at radius 2 is 1.96 bits per heavy atom. The number of halogens is 2. The molecule has 0 aliphatic heterocycles. The Bertz CT molecular complexity index is 917.